The minimum absolute atomic E-state index is 0.0286. The van der Waals surface area contributed by atoms with Crippen molar-refractivity contribution in [3.63, 3.8) is 0 Å². The molecule has 1 amide bonds. The summed E-state index contributed by atoms with van der Waals surface area (Å²) in [5.74, 6) is 0.147. The first kappa shape index (κ1) is 24.3. The van der Waals surface area contributed by atoms with Crippen molar-refractivity contribution in [3.8, 4) is 0 Å². The van der Waals surface area contributed by atoms with Crippen LogP contribution in [0.2, 0.25) is 0 Å². The SMILES string of the molecule is CCC(=O)c1ccc(C(=O)CCCCc2nn(CC)c3c2CC2(CCOCC2)CNC3=O)cc1. The largest absolute Gasteiger partial charge is 0.381 e. The van der Waals surface area contributed by atoms with Crippen LogP contribution in [0.25, 0.3) is 0 Å². The van der Waals surface area contributed by atoms with Gasteiger partial charge in [-0.2, -0.15) is 5.10 Å². The van der Waals surface area contributed by atoms with Crippen molar-refractivity contribution in [1.29, 1.82) is 0 Å². The van der Waals surface area contributed by atoms with Gasteiger partial charge in [0.2, 0.25) is 0 Å². The lowest BCUT2D eigenvalue weighted by Gasteiger charge is -2.36. The highest BCUT2D eigenvalue weighted by atomic mass is 16.5. The molecule has 3 heterocycles. The Bertz CT molecular complexity index is 1050. The van der Waals surface area contributed by atoms with Crippen molar-refractivity contribution in [3.05, 3.63) is 52.3 Å². The summed E-state index contributed by atoms with van der Waals surface area (Å²) in [6.07, 6.45) is 6.01. The van der Waals surface area contributed by atoms with Crippen molar-refractivity contribution in [1.82, 2.24) is 15.1 Å². The molecule has 0 atom stereocenters. The van der Waals surface area contributed by atoms with E-state index < -0.39 is 0 Å². The third kappa shape index (κ3) is 5.14. The third-order valence-corrected chi connectivity index (χ3v) is 7.29. The Hall–Kier alpha value is -2.80. The Morgan fingerprint density at radius 3 is 2.38 bits per heavy atom. The maximum Gasteiger partial charge on any atom is 0.269 e. The van der Waals surface area contributed by atoms with Gasteiger partial charge in [-0.25, -0.2) is 0 Å². The van der Waals surface area contributed by atoms with Crippen LogP contribution >= 0.6 is 0 Å². The predicted molar refractivity (Wildman–Crippen MR) is 129 cm³/mol. The molecule has 1 aromatic carbocycles. The van der Waals surface area contributed by atoms with Crippen LogP contribution in [0.5, 0.6) is 0 Å². The van der Waals surface area contributed by atoms with E-state index in [4.69, 9.17) is 9.84 Å². The zero-order valence-electron chi connectivity index (χ0n) is 20.3. The number of Topliss-reactive ketones (excluding diaryl/α,β-unsaturated/α-hetero) is 2. The number of nitrogens with zero attached hydrogens (tertiary/aromatic N) is 2. The third-order valence-electron chi connectivity index (χ3n) is 7.29. The average molecular weight is 466 g/mol. The zero-order chi connectivity index (χ0) is 24.1. The molecule has 2 aliphatic heterocycles. The number of carbonyl (C=O) groups is 3. The standard InChI is InChI=1S/C27H35N3O4/c1-3-23(31)19-9-11-20(12-10-19)24(32)8-6-5-7-22-21-17-27(13-15-34-16-14-27)18-28-26(33)25(21)30(4-2)29-22/h9-12H,3-8,13-18H2,1-2H3,(H,28,33). The summed E-state index contributed by atoms with van der Waals surface area (Å²) in [5.41, 5.74) is 4.12. The summed E-state index contributed by atoms with van der Waals surface area (Å²) in [6, 6.07) is 6.98. The monoisotopic (exact) mass is 465 g/mol. The fourth-order valence-electron chi connectivity index (χ4n) is 5.13. The van der Waals surface area contributed by atoms with Crippen LogP contribution in [0.1, 0.15) is 94.8 Å². The van der Waals surface area contributed by atoms with Crippen LogP contribution in [-0.2, 0) is 24.1 Å². The predicted octanol–water partition coefficient (Wildman–Crippen LogP) is 4.17. The van der Waals surface area contributed by atoms with Crippen LogP contribution in [0.3, 0.4) is 0 Å². The molecule has 7 heteroatoms. The summed E-state index contributed by atoms with van der Waals surface area (Å²) in [6.45, 7) is 6.65. The normalized spacial score (nSPS) is 17.2. The second-order valence-corrected chi connectivity index (χ2v) is 9.55. The molecular formula is C27H35N3O4. The number of fused-ring (bicyclic) bond motifs is 1. The van der Waals surface area contributed by atoms with Crippen LogP contribution in [0.15, 0.2) is 24.3 Å². The van der Waals surface area contributed by atoms with E-state index in [1.165, 1.54) is 0 Å². The molecular weight excluding hydrogens is 430 g/mol. The molecule has 1 saturated heterocycles. The molecule has 1 fully saturated rings. The van der Waals surface area contributed by atoms with Gasteiger partial charge in [0.05, 0.1) is 5.69 Å². The molecule has 2 aliphatic rings. The van der Waals surface area contributed by atoms with Gasteiger partial charge in [0.1, 0.15) is 5.69 Å². The minimum Gasteiger partial charge on any atom is -0.381 e. The van der Waals surface area contributed by atoms with Gasteiger partial charge in [0.25, 0.3) is 5.91 Å². The Labute approximate surface area is 201 Å². The van der Waals surface area contributed by atoms with Crippen LogP contribution in [-0.4, -0.2) is 47.0 Å². The number of hydrogen-bond donors (Lipinski definition) is 1. The number of carbonyl (C=O) groups excluding carboxylic acids is 3. The lowest BCUT2D eigenvalue weighted by atomic mass is 9.75. The molecule has 0 radical (unpaired) electrons. The van der Waals surface area contributed by atoms with Gasteiger partial charge in [0, 0.05) is 55.8 Å². The molecule has 0 saturated carbocycles. The first-order valence-electron chi connectivity index (χ1n) is 12.6. The van der Waals surface area contributed by atoms with E-state index in [0.717, 1.165) is 63.0 Å². The molecule has 1 spiro atoms. The summed E-state index contributed by atoms with van der Waals surface area (Å²) in [5, 5.41) is 7.94. The van der Waals surface area contributed by atoms with Crippen molar-refractivity contribution < 1.29 is 19.1 Å². The number of amides is 1. The van der Waals surface area contributed by atoms with E-state index >= 15 is 0 Å². The Kier molecular flexibility index (Phi) is 7.61. The number of benzene rings is 1. The fraction of sp³-hybridized carbons (Fsp3) is 0.556. The summed E-state index contributed by atoms with van der Waals surface area (Å²) in [7, 11) is 0. The number of aryl methyl sites for hydroxylation is 2. The van der Waals surface area contributed by atoms with E-state index in [1.807, 2.05) is 18.5 Å². The lowest BCUT2D eigenvalue weighted by molar-refractivity contribution is 0.0160. The molecule has 2 aromatic rings. The Morgan fingerprint density at radius 1 is 1.06 bits per heavy atom. The smallest absolute Gasteiger partial charge is 0.269 e. The zero-order valence-corrected chi connectivity index (χ0v) is 20.3. The maximum atomic E-state index is 12.9. The van der Waals surface area contributed by atoms with E-state index in [-0.39, 0.29) is 22.9 Å². The second kappa shape index (κ2) is 10.6. The van der Waals surface area contributed by atoms with Crippen LogP contribution in [0.4, 0.5) is 0 Å². The quantitative estimate of drug-likeness (QED) is 0.443. The molecule has 1 aromatic heterocycles. The molecule has 0 aliphatic carbocycles. The molecule has 0 bridgehead atoms. The number of unbranched alkanes of at least 4 members (excludes halogenated alkanes) is 1. The summed E-state index contributed by atoms with van der Waals surface area (Å²) >= 11 is 0. The molecule has 7 nitrogen and oxygen atoms in total. The average Bonchev–Trinajstić information content (AvgIpc) is 3.15. The number of hydrogen-bond acceptors (Lipinski definition) is 5. The van der Waals surface area contributed by atoms with Gasteiger partial charge >= 0.3 is 0 Å². The van der Waals surface area contributed by atoms with Crippen molar-refractivity contribution in [2.75, 3.05) is 19.8 Å². The van der Waals surface area contributed by atoms with Gasteiger partial charge in [-0.1, -0.05) is 31.2 Å². The number of ketones is 2. The van der Waals surface area contributed by atoms with E-state index in [1.54, 1.807) is 24.3 Å². The van der Waals surface area contributed by atoms with Crippen molar-refractivity contribution in [2.24, 2.45) is 5.41 Å². The maximum absolute atomic E-state index is 12.9. The van der Waals surface area contributed by atoms with Crippen molar-refractivity contribution in [2.45, 2.75) is 71.8 Å². The van der Waals surface area contributed by atoms with Crippen LogP contribution < -0.4 is 5.32 Å². The number of aromatic nitrogens is 2. The van der Waals surface area contributed by atoms with Gasteiger partial charge in [-0.15, -0.1) is 0 Å². The minimum atomic E-state index is -0.0286. The fourth-order valence-corrected chi connectivity index (χ4v) is 5.13. The highest BCUT2D eigenvalue weighted by Crippen LogP contribution is 2.38. The molecule has 0 unspecified atom stereocenters. The molecule has 34 heavy (non-hydrogen) atoms. The second-order valence-electron chi connectivity index (χ2n) is 9.55. The Morgan fingerprint density at radius 2 is 1.74 bits per heavy atom. The highest BCUT2D eigenvalue weighted by molar-refractivity contribution is 5.99. The van der Waals surface area contributed by atoms with Crippen molar-refractivity contribution >= 4 is 17.5 Å². The van der Waals surface area contributed by atoms with Gasteiger partial charge in [0.15, 0.2) is 11.6 Å². The van der Waals surface area contributed by atoms with Gasteiger partial charge in [-0.05, 0) is 50.9 Å². The lowest BCUT2D eigenvalue weighted by Crippen LogP contribution is -2.40. The molecule has 1 N–H and O–H groups in total. The molecule has 182 valence electrons. The van der Waals surface area contributed by atoms with E-state index in [0.29, 0.717) is 42.8 Å². The first-order valence-corrected chi connectivity index (χ1v) is 12.6. The first-order chi connectivity index (χ1) is 16.5. The number of ether oxygens (including phenoxy) is 1. The van der Waals surface area contributed by atoms with Gasteiger partial charge < -0.3 is 10.1 Å². The Balaban J connectivity index is 1.40. The number of rotatable bonds is 9. The van der Waals surface area contributed by atoms with E-state index in [2.05, 4.69) is 5.32 Å². The summed E-state index contributed by atoms with van der Waals surface area (Å²) in [4.78, 5) is 37.3. The topological polar surface area (TPSA) is 90.3 Å². The van der Waals surface area contributed by atoms with E-state index in [9.17, 15) is 14.4 Å². The highest BCUT2D eigenvalue weighted by Gasteiger charge is 2.39. The van der Waals surface area contributed by atoms with Crippen LogP contribution in [0, 0.1) is 5.41 Å². The number of nitrogens with one attached hydrogen (secondary N) is 1. The molecule has 4 rings (SSSR count). The summed E-state index contributed by atoms with van der Waals surface area (Å²) < 4.78 is 7.43. The van der Waals surface area contributed by atoms with Gasteiger partial charge in [-0.3, -0.25) is 19.1 Å².